The molecule has 0 aromatic heterocycles. The van der Waals surface area contributed by atoms with E-state index in [0.717, 1.165) is 44.5 Å². The normalized spacial score (nSPS) is 18.2. The number of hydrogen-bond acceptors (Lipinski definition) is 3. The highest BCUT2D eigenvalue weighted by molar-refractivity contribution is 6.09. The lowest BCUT2D eigenvalue weighted by molar-refractivity contribution is -0.130. The predicted molar refractivity (Wildman–Crippen MR) is 143 cm³/mol. The lowest BCUT2D eigenvalue weighted by Crippen LogP contribution is -2.43. The predicted octanol–water partition coefficient (Wildman–Crippen LogP) is 6.19. The summed E-state index contributed by atoms with van der Waals surface area (Å²) in [5, 5.41) is 0. The molecule has 1 fully saturated rings. The zero-order chi connectivity index (χ0) is 26.9. The maximum absolute atomic E-state index is 13.9. The fourth-order valence-electron chi connectivity index (χ4n) is 5.90. The Morgan fingerprint density at radius 2 is 1.37 bits per heavy atom. The molecule has 0 unspecified atom stereocenters. The Balaban J connectivity index is 1.25. The van der Waals surface area contributed by atoms with Gasteiger partial charge in [0.05, 0.1) is 0 Å². The first-order chi connectivity index (χ1) is 18.3. The van der Waals surface area contributed by atoms with Crippen molar-refractivity contribution in [2.24, 2.45) is 4.99 Å². The Labute approximate surface area is 221 Å². The molecular weight excluding hydrogens is 487 g/mol. The molecule has 3 aromatic carbocycles. The smallest absolute Gasteiger partial charge is 0.265 e. The molecule has 0 spiro atoms. The number of likely N-dealkylation sites (tertiary alicyclic amines) is 1. The summed E-state index contributed by atoms with van der Waals surface area (Å²) in [6, 6.07) is 16.6. The van der Waals surface area contributed by atoms with Gasteiger partial charge < -0.3 is 4.90 Å². The lowest BCUT2D eigenvalue weighted by atomic mass is 9.82. The van der Waals surface area contributed by atoms with E-state index in [2.05, 4.69) is 4.90 Å². The van der Waals surface area contributed by atoms with Crippen molar-refractivity contribution >= 4 is 11.7 Å². The van der Waals surface area contributed by atoms with Crippen LogP contribution in [0.15, 0.2) is 71.7 Å². The van der Waals surface area contributed by atoms with E-state index < -0.39 is 17.2 Å². The van der Waals surface area contributed by atoms with Crippen molar-refractivity contribution in [3.8, 4) is 0 Å². The summed E-state index contributed by atoms with van der Waals surface area (Å²) < 4.78 is 40.9. The molecule has 2 heterocycles. The molecule has 0 N–H and O–H groups in total. The van der Waals surface area contributed by atoms with Crippen molar-refractivity contribution in [3.63, 3.8) is 0 Å². The molecule has 1 saturated heterocycles. The minimum absolute atomic E-state index is 0.193. The average Bonchev–Trinajstić information content (AvgIpc) is 3.16. The van der Waals surface area contributed by atoms with Crippen LogP contribution in [0.5, 0.6) is 0 Å². The van der Waals surface area contributed by atoms with Gasteiger partial charge in [0, 0.05) is 6.54 Å². The van der Waals surface area contributed by atoms with E-state index in [1.165, 1.54) is 29.8 Å². The molecule has 2 aliphatic heterocycles. The van der Waals surface area contributed by atoms with Crippen LogP contribution in [0.4, 0.5) is 13.2 Å². The molecule has 1 amide bonds. The van der Waals surface area contributed by atoms with E-state index in [-0.39, 0.29) is 11.7 Å². The van der Waals surface area contributed by atoms with E-state index in [0.29, 0.717) is 29.4 Å². The van der Waals surface area contributed by atoms with Crippen molar-refractivity contribution in [2.75, 3.05) is 26.2 Å². The van der Waals surface area contributed by atoms with Gasteiger partial charge in [-0.15, -0.1) is 0 Å². The first kappa shape index (κ1) is 26.2. The zero-order valence-corrected chi connectivity index (χ0v) is 21.8. The number of carbonyl (C=O) groups excluding carboxylic acids is 1. The fourth-order valence-corrected chi connectivity index (χ4v) is 5.90. The van der Waals surface area contributed by atoms with Gasteiger partial charge in [0.1, 0.15) is 23.3 Å². The van der Waals surface area contributed by atoms with Gasteiger partial charge in [-0.2, -0.15) is 0 Å². The highest BCUT2D eigenvalue weighted by atomic mass is 19.1. The van der Waals surface area contributed by atoms with Crippen LogP contribution in [0.25, 0.3) is 0 Å². The van der Waals surface area contributed by atoms with Crippen LogP contribution in [-0.2, 0) is 10.3 Å². The molecule has 2 aliphatic rings. The third-order valence-corrected chi connectivity index (χ3v) is 7.91. The van der Waals surface area contributed by atoms with Crippen molar-refractivity contribution in [1.82, 2.24) is 9.80 Å². The van der Waals surface area contributed by atoms with Gasteiger partial charge >= 0.3 is 0 Å². The van der Waals surface area contributed by atoms with Gasteiger partial charge in [-0.25, -0.2) is 18.2 Å². The number of carbonyl (C=O) groups is 1. The van der Waals surface area contributed by atoms with Gasteiger partial charge in [0.2, 0.25) is 0 Å². The van der Waals surface area contributed by atoms with Crippen LogP contribution >= 0.6 is 0 Å². The van der Waals surface area contributed by atoms with Crippen molar-refractivity contribution in [2.45, 2.75) is 44.6 Å². The quantitative estimate of drug-likeness (QED) is 0.373. The maximum atomic E-state index is 13.9. The molecule has 3 aromatic rings. The van der Waals surface area contributed by atoms with Crippen LogP contribution in [0.2, 0.25) is 0 Å². The number of halogens is 3. The third kappa shape index (κ3) is 4.99. The van der Waals surface area contributed by atoms with Gasteiger partial charge in [0.25, 0.3) is 5.91 Å². The van der Waals surface area contributed by atoms with Crippen molar-refractivity contribution in [1.29, 1.82) is 0 Å². The molecule has 5 rings (SSSR count). The summed E-state index contributed by atoms with van der Waals surface area (Å²) in [6.45, 7) is 7.06. The molecule has 0 aliphatic carbocycles. The SMILES string of the molecule is CC1=NC(c2ccc(F)cc2)(c2ccc(F)cc2)C(=O)N1CCCN1CCC(c2ccc(F)cc2C)CC1. The second kappa shape index (κ2) is 10.7. The number of aliphatic imine (C=N–C) groups is 1. The summed E-state index contributed by atoms with van der Waals surface area (Å²) in [6.07, 6.45) is 2.82. The first-order valence-corrected chi connectivity index (χ1v) is 13.2. The average molecular weight is 520 g/mol. The Morgan fingerprint density at radius 1 is 0.816 bits per heavy atom. The Morgan fingerprint density at radius 3 is 1.92 bits per heavy atom. The third-order valence-electron chi connectivity index (χ3n) is 7.91. The first-order valence-electron chi connectivity index (χ1n) is 13.2. The van der Waals surface area contributed by atoms with E-state index in [1.807, 2.05) is 19.9 Å². The molecule has 0 bridgehead atoms. The van der Waals surface area contributed by atoms with Gasteiger partial charge in [0.15, 0.2) is 5.54 Å². The summed E-state index contributed by atoms with van der Waals surface area (Å²) in [7, 11) is 0. The minimum Gasteiger partial charge on any atom is -0.303 e. The molecule has 7 heteroatoms. The molecule has 4 nitrogen and oxygen atoms in total. The summed E-state index contributed by atoms with van der Waals surface area (Å²) in [5.41, 5.74) is 1.98. The van der Waals surface area contributed by atoms with Crippen molar-refractivity contribution < 1.29 is 18.0 Å². The fraction of sp³-hybridized carbons (Fsp3) is 0.355. The monoisotopic (exact) mass is 519 g/mol. The van der Waals surface area contributed by atoms with Gasteiger partial charge in [-0.3, -0.25) is 9.69 Å². The number of hydrogen-bond donors (Lipinski definition) is 0. The Hall–Kier alpha value is -3.45. The summed E-state index contributed by atoms with van der Waals surface area (Å²) >= 11 is 0. The number of benzene rings is 3. The molecule has 0 radical (unpaired) electrons. The minimum atomic E-state index is -1.36. The number of aryl methyl sites for hydroxylation is 1. The molecule has 0 saturated carbocycles. The molecule has 0 atom stereocenters. The Bertz CT molecular complexity index is 1280. The topological polar surface area (TPSA) is 35.9 Å². The van der Waals surface area contributed by atoms with Crippen LogP contribution in [0.3, 0.4) is 0 Å². The number of nitrogens with zero attached hydrogens (tertiary/aromatic N) is 3. The standard InChI is InChI=1S/C31H32F3N3O/c1-21-20-28(34)12-13-29(21)23-14-18-36(19-15-23)16-3-17-37-22(2)35-31(30(37)38,24-4-8-26(32)9-5-24)25-6-10-27(33)11-7-25/h4-13,20,23H,3,14-19H2,1-2H3. The number of piperidine rings is 1. The van der Waals surface area contributed by atoms with Crippen molar-refractivity contribution in [3.05, 3.63) is 106 Å². The number of amidine groups is 1. The maximum Gasteiger partial charge on any atom is 0.265 e. The molecule has 38 heavy (non-hydrogen) atoms. The lowest BCUT2D eigenvalue weighted by Gasteiger charge is -2.33. The number of rotatable bonds is 7. The highest BCUT2D eigenvalue weighted by Gasteiger charge is 2.49. The van der Waals surface area contributed by atoms with E-state index in [9.17, 15) is 18.0 Å². The van der Waals surface area contributed by atoms with E-state index >= 15 is 0 Å². The molecular formula is C31H32F3N3O. The molecule has 198 valence electrons. The zero-order valence-electron chi connectivity index (χ0n) is 21.8. The van der Waals surface area contributed by atoms with E-state index in [4.69, 9.17) is 4.99 Å². The number of amides is 1. The summed E-state index contributed by atoms with van der Waals surface area (Å²) in [5.74, 6) is -0.170. The highest BCUT2D eigenvalue weighted by Crippen LogP contribution is 2.40. The summed E-state index contributed by atoms with van der Waals surface area (Å²) in [4.78, 5) is 22.9. The van der Waals surface area contributed by atoms with Crippen LogP contribution in [0, 0.1) is 24.4 Å². The largest absolute Gasteiger partial charge is 0.303 e. The Kier molecular flexibility index (Phi) is 7.39. The van der Waals surface area contributed by atoms with Gasteiger partial charge in [-0.1, -0.05) is 30.3 Å². The van der Waals surface area contributed by atoms with Gasteiger partial charge in [-0.05, 0) is 117 Å². The van der Waals surface area contributed by atoms with Crippen LogP contribution in [-0.4, -0.2) is 47.7 Å². The van der Waals surface area contributed by atoms with Crippen LogP contribution in [0.1, 0.15) is 54.4 Å². The van der Waals surface area contributed by atoms with E-state index in [1.54, 1.807) is 41.3 Å². The second-order valence-corrected chi connectivity index (χ2v) is 10.3. The van der Waals surface area contributed by atoms with Crippen LogP contribution < -0.4 is 0 Å². The second-order valence-electron chi connectivity index (χ2n) is 10.3.